The van der Waals surface area contributed by atoms with Gasteiger partial charge in [0.2, 0.25) is 0 Å². The number of aryl methyl sites for hydroxylation is 1. The molecule has 2 aromatic rings. The molecule has 0 N–H and O–H groups in total. The van der Waals surface area contributed by atoms with Crippen LogP contribution in [-0.2, 0) is 0 Å². The molecule has 1 aliphatic carbocycles. The van der Waals surface area contributed by atoms with Crippen LogP contribution < -0.4 is 0 Å². The van der Waals surface area contributed by atoms with E-state index in [4.69, 9.17) is 16.6 Å². The Hall–Kier alpha value is -1.02. The van der Waals surface area contributed by atoms with Crippen LogP contribution in [0.5, 0.6) is 0 Å². The number of rotatable bonds is 2. The average Bonchev–Trinajstić information content (AvgIpc) is 2.77. The van der Waals surface area contributed by atoms with E-state index in [1.165, 1.54) is 36.8 Å². The number of hydrogen-bond donors (Lipinski definition) is 0. The van der Waals surface area contributed by atoms with Gasteiger partial charge in [0.05, 0.1) is 16.4 Å². The van der Waals surface area contributed by atoms with Crippen LogP contribution in [0.15, 0.2) is 18.2 Å². The second-order valence-electron chi connectivity index (χ2n) is 6.37. The third-order valence-corrected chi connectivity index (χ3v) is 4.70. The molecule has 3 unspecified atom stereocenters. The van der Waals surface area contributed by atoms with E-state index < -0.39 is 0 Å². The molecule has 1 aromatic carbocycles. The first-order valence-corrected chi connectivity index (χ1v) is 8.12. The molecule has 1 heterocycles. The van der Waals surface area contributed by atoms with Crippen molar-refractivity contribution in [3.8, 4) is 0 Å². The fourth-order valence-electron chi connectivity index (χ4n) is 3.53. The number of aromatic nitrogens is 2. The van der Waals surface area contributed by atoms with Crippen molar-refractivity contribution in [3.63, 3.8) is 0 Å². The second-order valence-corrected chi connectivity index (χ2v) is 7.03. The van der Waals surface area contributed by atoms with Gasteiger partial charge >= 0.3 is 0 Å². The van der Waals surface area contributed by atoms with Gasteiger partial charge in [-0.25, -0.2) is 4.98 Å². The predicted octanol–water partition coefficient (Wildman–Crippen LogP) is 5.40. The molecule has 0 bridgehead atoms. The minimum absolute atomic E-state index is 0.0417. The van der Waals surface area contributed by atoms with Crippen molar-refractivity contribution in [1.29, 1.82) is 0 Å². The highest BCUT2D eigenvalue weighted by Gasteiger charge is 2.25. The molecule has 1 aromatic heterocycles. The first kappa shape index (κ1) is 13.9. The van der Waals surface area contributed by atoms with E-state index in [-0.39, 0.29) is 5.38 Å². The molecule has 3 heteroatoms. The second kappa shape index (κ2) is 5.40. The van der Waals surface area contributed by atoms with Crippen LogP contribution in [0.25, 0.3) is 11.0 Å². The number of alkyl halides is 1. The standard InChI is InChI=1S/C17H23ClN2/c1-11-5-4-6-14(9-11)20-16-8-7-12(2)10-15(16)19-17(20)13(3)18/h7-8,10-11,13-14H,4-6,9H2,1-3H3. The molecule has 20 heavy (non-hydrogen) atoms. The van der Waals surface area contributed by atoms with Crippen molar-refractivity contribution in [2.24, 2.45) is 5.92 Å². The van der Waals surface area contributed by atoms with Crippen LogP contribution in [0, 0.1) is 12.8 Å². The number of halogens is 1. The van der Waals surface area contributed by atoms with Crippen LogP contribution in [0.4, 0.5) is 0 Å². The molecule has 0 amide bonds. The summed E-state index contributed by atoms with van der Waals surface area (Å²) in [5, 5.41) is -0.0417. The topological polar surface area (TPSA) is 17.8 Å². The minimum atomic E-state index is -0.0417. The molecule has 1 fully saturated rings. The van der Waals surface area contributed by atoms with Gasteiger partial charge in [0.1, 0.15) is 5.82 Å². The van der Waals surface area contributed by atoms with Gasteiger partial charge in [0.25, 0.3) is 0 Å². The third kappa shape index (κ3) is 2.46. The summed E-state index contributed by atoms with van der Waals surface area (Å²) in [5.41, 5.74) is 3.59. The van der Waals surface area contributed by atoms with E-state index in [0.717, 1.165) is 17.3 Å². The Morgan fingerprint density at radius 3 is 2.85 bits per heavy atom. The maximum Gasteiger partial charge on any atom is 0.127 e. The van der Waals surface area contributed by atoms with Gasteiger partial charge in [-0.3, -0.25) is 0 Å². The van der Waals surface area contributed by atoms with Gasteiger partial charge in [-0.05, 0) is 50.3 Å². The summed E-state index contributed by atoms with van der Waals surface area (Å²) in [7, 11) is 0. The fourth-order valence-corrected chi connectivity index (χ4v) is 3.68. The van der Waals surface area contributed by atoms with Crippen LogP contribution >= 0.6 is 11.6 Å². The fraction of sp³-hybridized carbons (Fsp3) is 0.588. The molecule has 1 saturated carbocycles. The Balaban J connectivity index is 2.13. The highest BCUT2D eigenvalue weighted by atomic mass is 35.5. The molecular weight excluding hydrogens is 268 g/mol. The molecule has 1 aliphatic rings. The Kier molecular flexibility index (Phi) is 3.76. The van der Waals surface area contributed by atoms with Crippen LogP contribution in [0.3, 0.4) is 0 Å². The third-order valence-electron chi connectivity index (χ3n) is 4.50. The summed E-state index contributed by atoms with van der Waals surface area (Å²) in [5.74, 6) is 1.83. The van der Waals surface area contributed by atoms with Gasteiger partial charge in [-0.1, -0.05) is 25.8 Å². The molecule has 108 valence electrons. The lowest BCUT2D eigenvalue weighted by Gasteiger charge is -2.30. The van der Waals surface area contributed by atoms with Gasteiger partial charge in [-0.15, -0.1) is 11.6 Å². The summed E-state index contributed by atoms with van der Waals surface area (Å²) in [4.78, 5) is 4.80. The molecule has 3 rings (SSSR count). The minimum Gasteiger partial charge on any atom is -0.324 e. The first-order chi connectivity index (χ1) is 9.56. The quantitative estimate of drug-likeness (QED) is 0.678. The highest BCUT2D eigenvalue weighted by Crippen LogP contribution is 2.37. The molecule has 0 aliphatic heterocycles. The number of fused-ring (bicyclic) bond motifs is 1. The van der Waals surface area contributed by atoms with Gasteiger partial charge in [0.15, 0.2) is 0 Å². The SMILES string of the molecule is Cc1ccc2c(c1)nc(C(C)Cl)n2C1CCCC(C)C1. The molecular formula is C17H23ClN2. The highest BCUT2D eigenvalue weighted by molar-refractivity contribution is 6.20. The Morgan fingerprint density at radius 2 is 2.15 bits per heavy atom. The van der Waals surface area contributed by atoms with Crippen molar-refractivity contribution in [3.05, 3.63) is 29.6 Å². The zero-order valence-corrected chi connectivity index (χ0v) is 13.3. The molecule has 3 atom stereocenters. The monoisotopic (exact) mass is 290 g/mol. The van der Waals surface area contributed by atoms with Crippen LogP contribution in [-0.4, -0.2) is 9.55 Å². The maximum absolute atomic E-state index is 6.39. The first-order valence-electron chi connectivity index (χ1n) is 7.69. The Bertz CT molecular complexity index is 615. The largest absolute Gasteiger partial charge is 0.324 e. The summed E-state index contributed by atoms with van der Waals surface area (Å²) in [6.45, 7) is 6.50. The molecule has 2 nitrogen and oxygen atoms in total. The van der Waals surface area contributed by atoms with Crippen molar-refractivity contribution in [2.75, 3.05) is 0 Å². The van der Waals surface area contributed by atoms with Crippen molar-refractivity contribution in [2.45, 2.75) is 57.9 Å². The maximum atomic E-state index is 6.39. The number of imidazole rings is 1. The van der Waals surface area contributed by atoms with Crippen LogP contribution in [0.2, 0.25) is 0 Å². The van der Waals surface area contributed by atoms with E-state index in [9.17, 15) is 0 Å². The zero-order chi connectivity index (χ0) is 14.3. The summed E-state index contributed by atoms with van der Waals surface area (Å²) in [6.07, 6.45) is 5.16. The lowest BCUT2D eigenvalue weighted by atomic mass is 9.86. The van der Waals surface area contributed by atoms with Crippen molar-refractivity contribution in [1.82, 2.24) is 9.55 Å². The smallest absolute Gasteiger partial charge is 0.127 e. The number of benzene rings is 1. The molecule has 0 radical (unpaired) electrons. The van der Waals surface area contributed by atoms with E-state index >= 15 is 0 Å². The van der Waals surface area contributed by atoms with Gasteiger partial charge in [-0.2, -0.15) is 0 Å². The predicted molar refractivity (Wildman–Crippen MR) is 85.4 cm³/mol. The van der Waals surface area contributed by atoms with Crippen LogP contribution in [0.1, 0.15) is 62.3 Å². The van der Waals surface area contributed by atoms with E-state index in [2.05, 4.69) is 36.6 Å². The molecule has 0 spiro atoms. The van der Waals surface area contributed by atoms with E-state index in [1.54, 1.807) is 0 Å². The van der Waals surface area contributed by atoms with E-state index in [0.29, 0.717) is 6.04 Å². The van der Waals surface area contributed by atoms with Crippen molar-refractivity contribution < 1.29 is 0 Å². The Morgan fingerprint density at radius 1 is 1.35 bits per heavy atom. The lowest BCUT2D eigenvalue weighted by molar-refractivity contribution is 0.282. The summed E-state index contributed by atoms with van der Waals surface area (Å²) < 4.78 is 2.42. The summed E-state index contributed by atoms with van der Waals surface area (Å²) in [6, 6.07) is 7.11. The van der Waals surface area contributed by atoms with E-state index in [1.807, 2.05) is 6.92 Å². The lowest BCUT2D eigenvalue weighted by Crippen LogP contribution is -2.19. The zero-order valence-electron chi connectivity index (χ0n) is 12.6. The molecule has 0 saturated heterocycles. The van der Waals surface area contributed by atoms with Gasteiger partial charge < -0.3 is 4.57 Å². The average molecular weight is 291 g/mol. The summed E-state index contributed by atoms with van der Waals surface area (Å²) >= 11 is 6.39. The normalized spacial score (nSPS) is 25.0. The Labute approximate surface area is 126 Å². The number of nitrogens with zero attached hydrogens (tertiary/aromatic N) is 2. The number of hydrogen-bond acceptors (Lipinski definition) is 1. The van der Waals surface area contributed by atoms with Gasteiger partial charge in [0, 0.05) is 6.04 Å². The van der Waals surface area contributed by atoms with Crippen molar-refractivity contribution >= 4 is 22.6 Å².